The van der Waals surface area contributed by atoms with Gasteiger partial charge in [-0.05, 0) is 67.7 Å². The smallest absolute Gasteiger partial charge is 0.241 e. The summed E-state index contributed by atoms with van der Waals surface area (Å²) in [5.41, 5.74) is 13.3. The molecule has 1 amide bonds. The number of amides is 1. The highest BCUT2D eigenvalue weighted by atomic mass is 16.5. The quantitative estimate of drug-likeness (QED) is 0.854. The normalized spacial score (nSPS) is 20.9. The first kappa shape index (κ1) is 13.4. The number of benzene rings is 1. The molecule has 4 nitrogen and oxygen atoms in total. The predicted molar refractivity (Wildman–Crippen MR) is 77.4 cm³/mol. The van der Waals surface area contributed by atoms with E-state index < -0.39 is 11.4 Å². The highest BCUT2D eigenvalue weighted by Crippen LogP contribution is 2.38. The summed E-state index contributed by atoms with van der Waals surface area (Å²) in [5.74, 6) is 0.512. The maximum absolute atomic E-state index is 11.6. The minimum atomic E-state index is -1.02. The molecular formula is C16H22N2O2. The van der Waals surface area contributed by atoms with Gasteiger partial charge in [-0.2, -0.15) is 0 Å². The van der Waals surface area contributed by atoms with Gasteiger partial charge in [0.1, 0.15) is 17.9 Å². The fourth-order valence-corrected chi connectivity index (χ4v) is 2.99. The number of aryl methyl sites for hydroxylation is 2. The van der Waals surface area contributed by atoms with Crippen molar-refractivity contribution in [1.29, 1.82) is 0 Å². The fourth-order valence-electron chi connectivity index (χ4n) is 2.99. The van der Waals surface area contributed by atoms with Gasteiger partial charge in [-0.25, -0.2) is 0 Å². The Labute approximate surface area is 119 Å². The molecule has 1 atom stereocenters. The number of ether oxygens (including phenoxy) is 1. The van der Waals surface area contributed by atoms with E-state index in [0.29, 0.717) is 0 Å². The zero-order valence-electron chi connectivity index (χ0n) is 11.7. The number of carbonyl (C=O) groups excluding carboxylic acids is 1. The van der Waals surface area contributed by atoms with Gasteiger partial charge >= 0.3 is 0 Å². The van der Waals surface area contributed by atoms with Crippen molar-refractivity contribution in [2.45, 2.75) is 44.1 Å². The SMILES string of the molecule is NC(=O)C(N)(COc1ccc2c(c1)CCCC2)C1CC1. The summed E-state index contributed by atoms with van der Waals surface area (Å²) in [5, 5.41) is 0. The molecule has 0 spiro atoms. The van der Waals surface area contributed by atoms with Crippen molar-refractivity contribution in [3.63, 3.8) is 0 Å². The summed E-state index contributed by atoms with van der Waals surface area (Å²) >= 11 is 0. The summed E-state index contributed by atoms with van der Waals surface area (Å²) in [6.45, 7) is 0.172. The van der Waals surface area contributed by atoms with E-state index in [-0.39, 0.29) is 12.5 Å². The van der Waals surface area contributed by atoms with Crippen LogP contribution in [0.15, 0.2) is 18.2 Å². The Morgan fingerprint density at radius 2 is 1.95 bits per heavy atom. The number of nitrogens with two attached hydrogens (primary N) is 2. The van der Waals surface area contributed by atoms with Crippen LogP contribution in [0.4, 0.5) is 0 Å². The molecule has 0 saturated heterocycles. The lowest BCUT2D eigenvalue weighted by Gasteiger charge is -2.26. The van der Waals surface area contributed by atoms with Gasteiger partial charge < -0.3 is 16.2 Å². The van der Waals surface area contributed by atoms with Crippen molar-refractivity contribution in [2.75, 3.05) is 6.61 Å². The van der Waals surface area contributed by atoms with E-state index >= 15 is 0 Å². The first-order chi connectivity index (χ1) is 9.59. The van der Waals surface area contributed by atoms with Gasteiger partial charge in [0.25, 0.3) is 0 Å². The zero-order chi connectivity index (χ0) is 14.2. The van der Waals surface area contributed by atoms with E-state index in [1.54, 1.807) is 0 Å². The largest absolute Gasteiger partial charge is 0.491 e. The number of rotatable bonds is 5. The highest BCUT2D eigenvalue weighted by molar-refractivity contribution is 5.85. The minimum Gasteiger partial charge on any atom is -0.491 e. The summed E-state index contributed by atoms with van der Waals surface area (Å²) in [7, 11) is 0. The van der Waals surface area contributed by atoms with Crippen LogP contribution >= 0.6 is 0 Å². The molecule has 1 unspecified atom stereocenters. The molecule has 0 aromatic heterocycles. The summed E-state index contributed by atoms with van der Waals surface area (Å²) in [6, 6.07) is 6.19. The van der Waals surface area contributed by atoms with E-state index in [1.165, 1.54) is 24.0 Å². The lowest BCUT2D eigenvalue weighted by atomic mass is 9.91. The van der Waals surface area contributed by atoms with Gasteiger partial charge in [-0.3, -0.25) is 4.79 Å². The van der Waals surface area contributed by atoms with E-state index in [2.05, 4.69) is 12.1 Å². The molecule has 3 rings (SSSR count). The van der Waals surface area contributed by atoms with Crippen LogP contribution in [0.1, 0.15) is 36.8 Å². The molecule has 2 aliphatic rings. The van der Waals surface area contributed by atoms with E-state index in [4.69, 9.17) is 16.2 Å². The van der Waals surface area contributed by atoms with Crippen molar-refractivity contribution < 1.29 is 9.53 Å². The van der Waals surface area contributed by atoms with Gasteiger partial charge in [0.2, 0.25) is 5.91 Å². The fraction of sp³-hybridized carbons (Fsp3) is 0.562. The molecule has 0 aliphatic heterocycles. The third kappa shape index (κ3) is 2.52. The average Bonchev–Trinajstić information content (AvgIpc) is 3.29. The molecule has 4 heteroatoms. The van der Waals surface area contributed by atoms with Gasteiger partial charge in [0.05, 0.1) is 0 Å². The van der Waals surface area contributed by atoms with Gasteiger partial charge in [0, 0.05) is 0 Å². The number of hydrogen-bond acceptors (Lipinski definition) is 3. The standard InChI is InChI=1S/C16H22N2O2/c17-15(19)16(18,13-6-7-13)10-20-14-8-5-11-3-1-2-4-12(11)9-14/h5,8-9,13H,1-4,6-7,10,18H2,(H2,17,19). The van der Waals surface area contributed by atoms with Crippen LogP contribution in [0, 0.1) is 5.92 Å². The Hall–Kier alpha value is -1.55. The third-order valence-corrected chi connectivity index (χ3v) is 4.56. The van der Waals surface area contributed by atoms with Crippen molar-refractivity contribution in [1.82, 2.24) is 0 Å². The van der Waals surface area contributed by atoms with Crippen LogP contribution in [-0.4, -0.2) is 18.1 Å². The first-order valence-corrected chi connectivity index (χ1v) is 7.43. The molecule has 2 aliphatic carbocycles. The molecular weight excluding hydrogens is 252 g/mol. The molecule has 1 aromatic carbocycles. The van der Waals surface area contributed by atoms with Crippen LogP contribution in [0.2, 0.25) is 0 Å². The molecule has 0 heterocycles. The first-order valence-electron chi connectivity index (χ1n) is 7.43. The van der Waals surface area contributed by atoms with Crippen molar-refractivity contribution >= 4 is 5.91 Å². The monoisotopic (exact) mass is 274 g/mol. The highest BCUT2D eigenvalue weighted by Gasteiger charge is 2.47. The number of fused-ring (bicyclic) bond motifs is 1. The summed E-state index contributed by atoms with van der Waals surface area (Å²) in [4.78, 5) is 11.6. The second kappa shape index (κ2) is 5.09. The molecule has 4 N–H and O–H groups in total. The van der Waals surface area contributed by atoms with Gasteiger partial charge in [-0.1, -0.05) is 6.07 Å². The minimum absolute atomic E-state index is 0.172. The average molecular weight is 274 g/mol. The van der Waals surface area contributed by atoms with Crippen LogP contribution < -0.4 is 16.2 Å². The Morgan fingerprint density at radius 3 is 2.60 bits per heavy atom. The maximum atomic E-state index is 11.6. The third-order valence-electron chi connectivity index (χ3n) is 4.56. The molecule has 20 heavy (non-hydrogen) atoms. The lowest BCUT2D eigenvalue weighted by molar-refractivity contribution is -0.125. The van der Waals surface area contributed by atoms with Crippen LogP contribution in [0.25, 0.3) is 0 Å². The predicted octanol–water partition coefficient (Wildman–Crippen LogP) is 1.54. The Morgan fingerprint density at radius 1 is 1.25 bits per heavy atom. The van der Waals surface area contributed by atoms with Crippen molar-refractivity contribution in [3.05, 3.63) is 29.3 Å². The van der Waals surface area contributed by atoms with Crippen LogP contribution in [0.5, 0.6) is 5.75 Å². The second-order valence-corrected chi connectivity index (χ2v) is 6.11. The van der Waals surface area contributed by atoms with E-state index in [9.17, 15) is 4.79 Å². The zero-order valence-corrected chi connectivity index (χ0v) is 11.7. The van der Waals surface area contributed by atoms with Crippen LogP contribution in [-0.2, 0) is 17.6 Å². The molecule has 1 fully saturated rings. The van der Waals surface area contributed by atoms with E-state index in [1.807, 2.05) is 6.07 Å². The molecule has 1 saturated carbocycles. The van der Waals surface area contributed by atoms with E-state index in [0.717, 1.165) is 31.4 Å². The number of carbonyl (C=O) groups is 1. The summed E-state index contributed by atoms with van der Waals surface area (Å²) < 4.78 is 5.77. The lowest BCUT2D eigenvalue weighted by Crippen LogP contribution is -2.58. The molecule has 1 aromatic rings. The number of hydrogen-bond donors (Lipinski definition) is 2. The van der Waals surface area contributed by atoms with Crippen molar-refractivity contribution in [2.24, 2.45) is 17.4 Å². The van der Waals surface area contributed by atoms with Gasteiger partial charge in [-0.15, -0.1) is 0 Å². The molecule has 0 bridgehead atoms. The Kier molecular flexibility index (Phi) is 3.42. The maximum Gasteiger partial charge on any atom is 0.241 e. The second-order valence-electron chi connectivity index (χ2n) is 6.11. The van der Waals surface area contributed by atoms with Gasteiger partial charge in [0.15, 0.2) is 0 Å². The molecule has 108 valence electrons. The Bertz CT molecular complexity index is 525. The topological polar surface area (TPSA) is 78.3 Å². The summed E-state index contributed by atoms with van der Waals surface area (Å²) in [6.07, 6.45) is 6.70. The van der Waals surface area contributed by atoms with Crippen LogP contribution in [0.3, 0.4) is 0 Å². The Balaban J connectivity index is 1.70. The van der Waals surface area contributed by atoms with Crippen molar-refractivity contribution in [3.8, 4) is 5.75 Å². The molecule has 0 radical (unpaired) electrons. The number of primary amides is 1.